The normalized spacial score (nSPS) is 15.9. The van der Waals surface area contributed by atoms with Crippen molar-refractivity contribution in [3.8, 4) is 5.75 Å². The van der Waals surface area contributed by atoms with Crippen LogP contribution in [0.3, 0.4) is 0 Å². The van der Waals surface area contributed by atoms with E-state index in [0.717, 1.165) is 18.5 Å². The van der Waals surface area contributed by atoms with E-state index in [2.05, 4.69) is 9.64 Å². The highest BCUT2D eigenvalue weighted by molar-refractivity contribution is 7.89. The number of carbonyl (C=O) groups is 1. The van der Waals surface area contributed by atoms with Crippen molar-refractivity contribution >= 4 is 16.0 Å². The van der Waals surface area contributed by atoms with E-state index < -0.39 is 22.4 Å². The molecule has 3 rings (SSSR count). The fourth-order valence-electron chi connectivity index (χ4n) is 3.96. The van der Waals surface area contributed by atoms with Crippen LogP contribution in [0.15, 0.2) is 47.4 Å². The molecule has 0 unspecified atom stereocenters. The summed E-state index contributed by atoms with van der Waals surface area (Å²) in [5.74, 6) is -1.27. The number of benzene rings is 2. The summed E-state index contributed by atoms with van der Waals surface area (Å²) in [5.41, 5.74) is 2.03. The van der Waals surface area contributed by atoms with Gasteiger partial charge in [0, 0.05) is 26.2 Å². The number of carboxylic acids is 1. The Hall–Kier alpha value is -2.63. The van der Waals surface area contributed by atoms with Crippen molar-refractivity contribution < 1.29 is 36.2 Å². The molecule has 1 fully saturated rings. The van der Waals surface area contributed by atoms with Gasteiger partial charge in [0.15, 0.2) is 0 Å². The molecule has 0 atom stereocenters. The van der Waals surface area contributed by atoms with Gasteiger partial charge in [-0.1, -0.05) is 18.2 Å². The van der Waals surface area contributed by atoms with Gasteiger partial charge in [-0.2, -0.15) is 4.31 Å². The number of hydrogen-bond donors (Lipinski definition) is 1. The maximum atomic E-state index is 13.1. The Morgan fingerprint density at radius 2 is 1.68 bits per heavy atom. The zero-order chi connectivity index (χ0) is 24.9. The number of alkyl halides is 3. The average Bonchev–Trinajstić information content (AvgIpc) is 2.73. The maximum absolute atomic E-state index is 13.1. The quantitative estimate of drug-likeness (QED) is 0.568. The summed E-state index contributed by atoms with van der Waals surface area (Å²) in [6.07, 6.45) is -3.49. The molecule has 11 heteroatoms. The van der Waals surface area contributed by atoms with Gasteiger partial charge < -0.3 is 14.7 Å². The highest BCUT2D eigenvalue weighted by atomic mass is 32.2. The van der Waals surface area contributed by atoms with Gasteiger partial charge >= 0.3 is 12.3 Å². The molecule has 7 nitrogen and oxygen atoms in total. The molecule has 0 saturated carbocycles. The van der Waals surface area contributed by atoms with E-state index >= 15 is 0 Å². The minimum absolute atomic E-state index is 0.107. The van der Waals surface area contributed by atoms with Crippen LogP contribution in [-0.2, 0) is 27.7 Å². The molecule has 0 amide bonds. The predicted molar refractivity (Wildman–Crippen MR) is 119 cm³/mol. The third kappa shape index (κ3) is 7.44. The Morgan fingerprint density at radius 3 is 2.26 bits per heavy atom. The van der Waals surface area contributed by atoms with Gasteiger partial charge in [0.25, 0.3) is 0 Å². The first-order valence-corrected chi connectivity index (χ1v) is 12.3. The van der Waals surface area contributed by atoms with Crippen LogP contribution in [-0.4, -0.2) is 67.8 Å². The van der Waals surface area contributed by atoms with Crippen molar-refractivity contribution in [1.29, 1.82) is 0 Å². The zero-order valence-corrected chi connectivity index (χ0v) is 19.5. The van der Waals surface area contributed by atoms with E-state index in [1.807, 2.05) is 0 Å². The largest absolute Gasteiger partial charge is 0.573 e. The molecule has 1 saturated heterocycles. The van der Waals surface area contributed by atoms with Gasteiger partial charge in [-0.3, -0.25) is 4.79 Å². The zero-order valence-electron chi connectivity index (χ0n) is 18.7. The topological polar surface area (TPSA) is 87.1 Å². The Morgan fingerprint density at radius 1 is 1.03 bits per heavy atom. The first-order chi connectivity index (χ1) is 15.9. The lowest BCUT2D eigenvalue weighted by molar-refractivity contribution is -0.274. The van der Waals surface area contributed by atoms with Crippen LogP contribution >= 0.6 is 0 Å². The smallest absolute Gasteiger partial charge is 0.481 e. The summed E-state index contributed by atoms with van der Waals surface area (Å²) in [5, 5.41) is 9.01. The molecule has 1 aliphatic rings. The molecule has 2 aromatic carbocycles. The molecule has 1 heterocycles. The lowest BCUT2D eigenvalue weighted by Crippen LogP contribution is -2.48. The fourth-order valence-corrected chi connectivity index (χ4v) is 5.53. The van der Waals surface area contributed by atoms with Gasteiger partial charge in [-0.25, -0.2) is 8.42 Å². The Kier molecular flexibility index (Phi) is 8.21. The van der Waals surface area contributed by atoms with Crippen LogP contribution in [0.2, 0.25) is 0 Å². The Bertz CT molecular complexity index is 1100. The van der Waals surface area contributed by atoms with Crippen molar-refractivity contribution in [2.45, 2.75) is 37.4 Å². The monoisotopic (exact) mass is 500 g/mol. The highest BCUT2D eigenvalue weighted by Crippen LogP contribution is 2.24. The summed E-state index contributed by atoms with van der Waals surface area (Å²) in [4.78, 5) is 13.3. The molecule has 34 heavy (non-hydrogen) atoms. The second-order valence-corrected chi connectivity index (χ2v) is 10.2. The molecule has 0 bridgehead atoms. The number of halogens is 3. The standard InChI is InChI=1S/C23H27F3N2O5S/c1-17-13-19(16-22(29)30)15-21(14-17)34(31,32)28-11-9-27(10-12-28)8-2-3-18-4-6-20(7-5-18)33-23(24,25)26/h4-7,13-15H,2-3,8-12,16H2,1H3,(H,29,30). The average molecular weight is 501 g/mol. The summed E-state index contributed by atoms with van der Waals surface area (Å²) >= 11 is 0. The summed E-state index contributed by atoms with van der Waals surface area (Å²) in [7, 11) is -3.73. The number of aryl methyl sites for hydroxylation is 2. The van der Waals surface area contributed by atoms with Crippen molar-refractivity contribution in [3.05, 3.63) is 59.2 Å². The van der Waals surface area contributed by atoms with Gasteiger partial charge in [-0.15, -0.1) is 13.2 Å². The van der Waals surface area contributed by atoms with Crippen LogP contribution in [0.4, 0.5) is 13.2 Å². The number of rotatable bonds is 9. The van der Waals surface area contributed by atoms with E-state index in [1.165, 1.54) is 22.5 Å². The Balaban J connectivity index is 1.49. The number of piperazine rings is 1. The van der Waals surface area contributed by atoms with Gasteiger partial charge in [0.1, 0.15) is 5.75 Å². The summed E-state index contributed by atoms with van der Waals surface area (Å²) in [6.45, 7) is 4.25. The fraction of sp³-hybridized carbons (Fsp3) is 0.435. The number of nitrogens with zero attached hydrogens (tertiary/aromatic N) is 2. The highest BCUT2D eigenvalue weighted by Gasteiger charge is 2.31. The van der Waals surface area contributed by atoms with Crippen molar-refractivity contribution in [2.24, 2.45) is 0 Å². The lowest BCUT2D eigenvalue weighted by Gasteiger charge is -2.34. The minimum atomic E-state index is -4.71. The van der Waals surface area contributed by atoms with Crippen LogP contribution in [0.5, 0.6) is 5.75 Å². The van der Waals surface area contributed by atoms with Crippen LogP contribution in [0.25, 0.3) is 0 Å². The van der Waals surface area contributed by atoms with E-state index in [9.17, 15) is 26.4 Å². The maximum Gasteiger partial charge on any atom is 0.573 e. The molecule has 2 aromatic rings. The number of hydrogen-bond acceptors (Lipinski definition) is 5. The van der Waals surface area contributed by atoms with Crippen molar-refractivity contribution in [2.75, 3.05) is 32.7 Å². The molecule has 186 valence electrons. The van der Waals surface area contributed by atoms with Gasteiger partial charge in [0.2, 0.25) is 10.0 Å². The molecule has 0 spiro atoms. The van der Waals surface area contributed by atoms with E-state index in [0.29, 0.717) is 43.7 Å². The molecule has 0 aliphatic carbocycles. The van der Waals surface area contributed by atoms with Crippen molar-refractivity contribution in [3.63, 3.8) is 0 Å². The second kappa shape index (κ2) is 10.7. The Labute approximate surface area is 196 Å². The van der Waals surface area contributed by atoms with Crippen LogP contribution in [0, 0.1) is 6.92 Å². The molecular weight excluding hydrogens is 473 g/mol. The third-order valence-electron chi connectivity index (χ3n) is 5.53. The van der Waals surface area contributed by atoms with E-state index in [-0.39, 0.29) is 17.1 Å². The van der Waals surface area contributed by atoms with E-state index in [1.54, 1.807) is 31.2 Å². The first-order valence-electron chi connectivity index (χ1n) is 10.8. The van der Waals surface area contributed by atoms with Crippen molar-refractivity contribution in [1.82, 2.24) is 9.21 Å². The van der Waals surface area contributed by atoms with Crippen LogP contribution < -0.4 is 4.74 Å². The van der Waals surface area contributed by atoms with Crippen LogP contribution in [0.1, 0.15) is 23.1 Å². The molecule has 1 aliphatic heterocycles. The van der Waals surface area contributed by atoms with Gasteiger partial charge in [0.05, 0.1) is 11.3 Å². The number of sulfonamides is 1. The first kappa shape index (κ1) is 26.0. The second-order valence-electron chi connectivity index (χ2n) is 8.27. The molecular formula is C23H27F3N2O5S. The SMILES string of the molecule is Cc1cc(CC(=O)O)cc(S(=O)(=O)N2CCN(CCCc3ccc(OC(F)(F)F)cc3)CC2)c1. The minimum Gasteiger partial charge on any atom is -0.481 e. The van der Waals surface area contributed by atoms with Gasteiger partial charge in [-0.05, 0) is 67.3 Å². The number of ether oxygens (including phenoxy) is 1. The molecule has 1 N–H and O–H groups in total. The third-order valence-corrected chi connectivity index (χ3v) is 7.41. The molecule has 0 aromatic heterocycles. The number of aliphatic carboxylic acids is 1. The summed E-state index contributed by atoms with van der Waals surface area (Å²) < 4.78 is 68.2. The summed E-state index contributed by atoms with van der Waals surface area (Å²) in [6, 6.07) is 10.4. The predicted octanol–water partition coefficient (Wildman–Crippen LogP) is 3.46. The number of carboxylic acid groups (broad SMARTS) is 1. The molecule has 0 radical (unpaired) electrons. The lowest BCUT2D eigenvalue weighted by atomic mass is 10.1. The van der Waals surface area contributed by atoms with E-state index in [4.69, 9.17) is 5.11 Å².